The lowest BCUT2D eigenvalue weighted by molar-refractivity contribution is -0.389. The Morgan fingerprint density at radius 2 is 2.38 bits per heavy atom. The van der Waals surface area contributed by atoms with Gasteiger partial charge in [0.1, 0.15) is 6.42 Å². The molecule has 0 spiro atoms. The van der Waals surface area contributed by atoms with Crippen LogP contribution in [0.25, 0.3) is 0 Å². The van der Waals surface area contributed by atoms with E-state index < -0.39 is 4.92 Å². The molecule has 66 valence electrons. The molecule has 1 aromatic rings. The van der Waals surface area contributed by atoms with Crippen LogP contribution in [0, 0.1) is 21.4 Å². The molecule has 1 aromatic heterocycles. The summed E-state index contributed by atoms with van der Waals surface area (Å²) in [4.78, 5) is 13.4. The van der Waals surface area contributed by atoms with Crippen molar-refractivity contribution in [2.45, 2.75) is 6.42 Å². The highest BCUT2D eigenvalue weighted by atomic mass is 79.9. The molecule has 13 heavy (non-hydrogen) atoms. The Morgan fingerprint density at radius 3 is 2.92 bits per heavy atom. The SMILES string of the molecule is N#CCc1cc(Br)cc([N+](=O)[O-])n1. The highest BCUT2D eigenvalue weighted by Gasteiger charge is 2.11. The number of nitrogens with zero attached hydrogens (tertiary/aromatic N) is 3. The number of hydrogen-bond donors (Lipinski definition) is 0. The summed E-state index contributed by atoms with van der Waals surface area (Å²) in [5, 5.41) is 18.7. The van der Waals surface area contributed by atoms with E-state index in [9.17, 15) is 10.1 Å². The van der Waals surface area contributed by atoms with E-state index in [0.717, 1.165) is 0 Å². The summed E-state index contributed by atoms with van der Waals surface area (Å²) in [7, 11) is 0. The molecule has 0 aromatic carbocycles. The van der Waals surface area contributed by atoms with E-state index >= 15 is 0 Å². The lowest BCUT2D eigenvalue weighted by Crippen LogP contribution is -1.96. The zero-order valence-corrected chi connectivity index (χ0v) is 7.98. The van der Waals surface area contributed by atoms with Crippen molar-refractivity contribution in [1.82, 2.24) is 4.98 Å². The van der Waals surface area contributed by atoms with Crippen LogP contribution in [-0.4, -0.2) is 9.91 Å². The van der Waals surface area contributed by atoms with Gasteiger partial charge in [-0.1, -0.05) is 15.9 Å². The maximum Gasteiger partial charge on any atom is 0.364 e. The first-order valence-electron chi connectivity index (χ1n) is 3.31. The van der Waals surface area contributed by atoms with Crippen LogP contribution in [0.3, 0.4) is 0 Å². The normalized spacial score (nSPS) is 9.23. The Bertz CT molecular complexity index is 386. The fraction of sp³-hybridized carbons (Fsp3) is 0.143. The van der Waals surface area contributed by atoms with Crippen LogP contribution in [0.2, 0.25) is 0 Å². The summed E-state index contributed by atoms with van der Waals surface area (Å²) in [5.41, 5.74) is 0.392. The van der Waals surface area contributed by atoms with Crippen LogP contribution in [0.5, 0.6) is 0 Å². The highest BCUT2D eigenvalue weighted by molar-refractivity contribution is 9.10. The molecule has 0 saturated heterocycles. The van der Waals surface area contributed by atoms with Crippen molar-refractivity contribution >= 4 is 21.7 Å². The van der Waals surface area contributed by atoms with Crippen LogP contribution in [0.4, 0.5) is 5.82 Å². The molecule has 1 heterocycles. The molecule has 0 atom stereocenters. The topological polar surface area (TPSA) is 79.8 Å². The summed E-state index contributed by atoms with van der Waals surface area (Å²) in [6.07, 6.45) is 0.0697. The number of nitriles is 1. The quantitative estimate of drug-likeness (QED) is 0.585. The predicted octanol–water partition coefficient (Wildman–Crippen LogP) is 1.82. The smallest absolute Gasteiger partial charge is 0.358 e. The molecule has 0 radical (unpaired) electrons. The van der Waals surface area contributed by atoms with Gasteiger partial charge in [-0.25, -0.2) is 0 Å². The molecule has 0 aliphatic heterocycles. The Kier molecular flexibility index (Phi) is 2.93. The van der Waals surface area contributed by atoms with Crippen LogP contribution >= 0.6 is 15.9 Å². The van der Waals surface area contributed by atoms with Gasteiger partial charge in [-0.3, -0.25) is 0 Å². The third-order valence-corrected chi connectivity index (χ3v) is 1.73. The molecule has 1 rings (SSSR count). The zero-order valence-electron chi connectivity index (χ0n) is 6.40. The second-order valence-corrected chi connectivity index (χ2v) is 3.14. The average molecular weight is 242 g/mol. The fourth-order valence-electron chi connectivity index (χ4n) is 0.801. The molecule has 0 bridgehead atoms. The van der Waals surface area contributed by atoms with Gasteiger partial charge in [-0.15, -0.1) is 0 Å². The van der Waals surface area contributed by atoms with Crippen LogP contribution in [-0.2, 0) is 6.42 Å². The van der Waals surface area contributed by atoms with Crippen molar-refractivity contribution in [3.63, 3.8) is 0 Å². The second kappa shape index (κ2) is 3.96. The summed E-state index contributed by atoms with van der Waals surface area (Å²) >= 11 is 3.10. The number of pyridine rings is 1. The first kappa shape index (κ1) is 9.61. The van der Waals surface area contributed by atoms with E-state index in [0.29, 0.717) is 10.2 Å². The van der Waals surface area contributed by atoms with E-state index in [1.165, 1.54) is 6.07 Å². The van der Waals surface area contributed by atoms with Crippen molar-refractivity contribution in [1.29, 1.82) is 5.26 Å². The number of aromatic nitrogens is 1. The summed E-state index contributed by atoms with van der Waals surface area (Å²) in [6.45, 7) is 0. The Labute approximate surface area is 82.3 Å². The highest BCUT2D eigenvalue weighted by Crippen LogP contribution is 2.17. The third kappa shape index (κ3) is 2.49. The molecular formula is C7H4BrN3O2. The standard InChI is InChI=1S/C7H4BrN3O2/c8-5-3-6(1-2-9)10-7(4-5)11(12)13/h3-4H,1H2. The predicted molar refractivity (Wildman–Crippen MR) is 47.9 cm³/mol. The van der Waals surface area contributed by atoms with Crippen molar-refractivity contribution in [2.24, 2.45) is 0 Å². The molecule has 0 N–H and O–H groups in total. The second-order valence-electron chi connectivity index (χ2n) is 2.23. The molecule has 0 fully saturated rings. The molecule has 0 saturated carbocycles. The largest absolute Gasteiger partial charge is 0.364 e. The minimum atomic E-state index is -0.592. The number of nitro groups is 1. The maximum absolute atomic E-state index is 10.3. The molecule has 5 nitrogen and oxygen atoms in total. The molecular weight excluding hydrogens is 238 g/mol. The van der Waals surface area contributed by atoms with Gasteiger partial charge in [-0.2, -0.15) is 5.26 Å². The third-order valence-electron chi connectivity index (χ3n) is 1.28. The first-order valence-corrected chi connectivity index (χ1v) is 4.10. The van der Waals surface area contributed by atoms with E-state index in [1.807, 2.05) is 6.07 Å². The minimum Gasteiger partial charge on any atom is -0.358 e. The van der Waals surface area contributed by atoms with Gasteiger partial charge in [0, 0.05) is 10.5 Å². The van der Waals surface area contributed by atoms with Gasteiger partial charge < -0.3 is 10.1 Å². The summed E-state index contributed by atoms with van der Waals surface area (Å²) < 4.78 is 0.555. The van der Waals surface area contributed by atoms with Gasteiger partial charge in [0.2, 0.25) is 0 Å². The van der Waals surface area contributed by atoms with Gasteiger partial charge in [0.05, 0.1) is 12.1 Å². The lowest BCUT2D eigenvalue weighted by atomic mass is 10.3. The zero-order chi connectivity index (χ0) is 9.84. The van der Waals surface area contributed by atoms with Gasteiger partial charge >= 0.3 is 5.82 Å². The van der Waals surface area contributed by atoms with Crippen molar-refractivity contribution in [3.8, 4) is 6.07 Å². The van der Waals surface area contributed by atoms with Gasteiger partial charge in [0.15, 0.2) is 5.69 Å². The molecule has 6 heteroatoms. The monoisotopic (exact) mass is 241 g/mol. The summed E-state index contributed by atoms with van der Waals surface area (Å²) in [5.74, 6) is -0.250. The fourth-order valence-corrected chi connectivity index (χ4v) is 1.27. The maximum atomic E-state index is 10.3. The van der Waals surface area contributed by atoms with E-state index in [-0.39, 0.29) is 12.2 Å². The minimum absolute atomic E-state index is 0.0697. The molecule has 0 aliphatic carbocycles. The lowest BCUT2D eigenvalue weighted by Gasteiger charge is -1.94. The Hall–Kier alpha value is -1.48. The first-order chi connectivity index (χ1) is 6.13. The summed E-state index contributed by atoms with van der Waals surface area (Å²) in [6, 6.07) is 4.74. The number of hydrogen-bond acceptors (Lipinski definition) is 4. The van der Waals surface area contributed by atoms with Crippen molar-refractivity contribution in [2.75, 3.05) is 0 Å². The van der Waals surface area contributed by atoms with Crippen LogP contribution in [0.1, 0.15) is 5.69 Å². The number of halogens is 1. The van der Waals surface area contributed by atoms with Gasteiger partial charge in [0.25, 0.3) is 0 Å². The van der Waals surface area contributed by atoms with E-state index in [1.54, 1.807) is 6.07 Å². The molecule has 0 amide bonds. The molecule has 0 unspecified atom stereocenters. The van der Waals surface area contributed by atoms with Crippen molar-refractivity contribution < 1.29 is 4.92 Å². The molecule has 0 aliphatic rings. The van der Waals surface area contributed by atoms with E-state index in [2.05, 4.69) is 20.9 Å². The average Bonchev–Trinajstić information content (AvgIpc) is 2.03. The van der Waals surface area contributed by atoms with Crippen LogP contribution in [0.15, 0.2) is 16.6 Å². The Balaban J connectivity index is 3.12. The van der Waals surface area contributed by atoms with Gasteiger partial charge in [-0.05, 0) is 9.91 Å². The van der Waals surface area contributed by atoms with Crippen LogP contribution < -0.4 is 0 Å². The number of rotatable bonds is 2. The van der Waals surface area contributed by atoms with E-state index in [4.69, 9.17) is 5.26 Å². The van der Waals surface area contributed by atoms with Crippen molar-refractivity contribution in [3.05, 3.63) is 32.4 Å². The Morgan fingerprint density at radius 1 is 1.69 bits per heavy atom.